The van der Waals surface area contributed by atoms with Crippen LogP contribution in [-0.4, -0.2) is 6.54 Å². The lowest BCUT2D eigenvalue weighted by Crippen LogP contribution is -2.30. The van der Waals surface area contributed by atoms with Crippen LogP contribution in [0.15, 0.2) is 17.5 Å². The Morgan fingerprint density at radius 1 is 1.22 bits per heavy atom. The van der Waals surface area contributed by atoms with Gasteiger partial charge in [-0.25, -0.2) is 0 Å². The maximum Gasteiger partial charge on any atom is 0.0443 e. The van der Waals surface area contributed by atoms with E-state index in [9.17, 15) is 0 Å². The van der Waals surface area contributed by atoms with E-state index in [1.165, 1.54) is 45.1 Å². The fourth-order valence-corrected chi connectivity index (χ4v) is 4.30. The van der Waals surface area contributed by atoms with Crippen LogP contribution in [0, 0.1) is 17.8 Å². The van der Waals surface area contributed by atoms with Gasteiger partial charge in [0.2, 0.25) is 0 Å². The molecule has 18 heavy (non-hydrogen) atoms. The fourth-order valence-electron chi connectivity index (χ4n) is 3.40. The molecule has 0 aromatic carbocycles. The molecule has 2 aliphatic carbocycles. The Morgan fingerprint density at radius 2 is 2.00 bits per heavy atom. The van der Waals surface area contributed by atoms with E-state index in [1.54, 1.807) is 4.88 Å². The van der Waals surface area contributed by atoms with Crippen molar-refractivity contribution in [3.63, 3.8) is 0 Å². The van der Waals surface area contributed by atoms with E-state index >= 15 is 0 Å². The average Bonchev–Trinajstić information content (AvgIpc) is 2.89. The highest BCUT2D eigenvalue weighted by atomic mass is 32.1. The highest BCUT2D eigenvalue weighted by Crippen LogP contribution is 2.39. The Morgan fingerprint density at radius 3 is 2.61 bits per heavy atom. The van der Waals surface area contributed by atoms with Crippen molar-refractivity contribution >= 4 is 11.3 Å². The monoisotopic (exact) mass is 263 g/mol. The van der Waals surface area contributed by atoms with E-state index in [1.807, 2.05) is 11.3 Å². The van der Waals surface area contributed by atoms with Crippen LogP contribution >= 0.6 is 11.3 Å². The van der Waals surface area contributed by atoms with Gasteiger partial charge in [0.05, 0.1) is 0 Å². The normalized spacial score (nSPS) is 24.3. The first-order chi connectivity index (χ1) is 8.84. The van der Waals surface area contributed by atoms with Gasteiger partial charge in [-0.05, 0) is 61.4 Å². The molecule has 3 rings (SSSR count). The van der Waals surface area contributed by atoms with Crippen LogP contribution in [0.25, 0.3) is 0 Å². The standard InChI is InChI=1S/C16H25NS/c1-12(13-8-9-13)11-17-16(14-5-2-3-6-14)15-7-4-10-18-15/h4,7,10,12-14,16-17H,2-3,5-6,8-9,11H2,1H3. The van der Waals surface area contributed by atoms with Crippen LogP contribution in [0.4, 0.5) is 0 Å². The van der Waals surface area contributed by atoms with Gasteiger partial charge >= 0.3 is 0 Å². The van der Waals surface area contributed by atoms with Crippen molar-refractivity contribution in [2.75, 3.05) is 6.54 Å². The van der Waals surface area contributed by atoms with Gasteiger partial charge in [-0.3, -0.25) is 0 Å². The summed E-state index contributed by atoms with van der Waals surface area (Å²) >= 11 is 1.93. The molecule has 0 aliphatic heterocycles. The van der Waals surface area contributed by atoms with Crippen LogP contribution in [0.5, 0.6) is 0 Å². The Balaban J connectivity index is 1.61. The van der Waals surface area contributed by atoms with Crippen molar-refractivity contribution in [2.45, 2.75) is 51.5 Å². The smallest absolute Gasteiger partial charge is 0.0443 e. The topological polar surface area (TPSA) is 12.0 Å². The lowest BCUT2D eigenvalue weighted by atomic mass is 9.95. The molecule has 0 amide bonds. The van der Waals surface area contributed by atoms with Crippen LogP contribution in [-0.2, 0) is 0 Å². The number of nitrogens with one attached hydrogen (secondary N) is 1. The van der Waals surface area contributed by atoms with E-state index < -0.39 is 0 Å². The molecule has 2 saturated carbocycles. The number of hydrogen-bond donors (Lipinski definition) is 1. The van der Waals surface area contributed by atoms with Crippen LogP contribution in [0.3, 0.4) is 0 Å². The summed E-state index contributed by atoms with van der Waals surface area (Å²) in [5, 5.41) is 6.12. The summed E-state index contributed by atoms with van der Waals surface area (Å²) in [5.74, 6) is 2.77. The lowest BCUT2D eigenvalue weighted by molar-refractivity contribution is 0.338. The minimum atomic E-state index is 0.633. The molecule has 100 valence electrons. The Bertz CT molecular complexity index is 349. The molecular formula is C16H25NS. The van der Waals surface area contributed by atoms with Gasteiger partial charge in [0.25, 0.3) is 0 Å². The minimum absolute atomic E-state index is 0.633. The molecule has 0 bridgehead atoms. The summed E-state index contributed by atoms with van der Waals surface area (Å²) < 4.78 is 0. The molecule has 2 fully saturated rings. The lowest BCUT2D eigenvalue weighted by Gasteiger charge is -2.25. The summed E-state index contributed by atoms with van der Waals surface area (Å²) in [6.45, 7) is 3.63. The van der Waals surface area contributed by atoms with Crippen LogP contribution < -0.4 is 5.32 Å². The highest BCUT2D eigenvalue weighted by molar-refractivity contribution is 7.10. The summed E-state index contributed by atoms with van der Waals surface area (Å²) in [7, 11) is 0. The molecule has 2 heteroatoms. The molecule has 1 heterocycles. The second-order valence-electron chi connectivity index (χ2n) is 6.26. The molecule has 1 nitrogen and oxygen atoms in total. The van der Waals surface area contributed by atoms with Gasteiger partial charge in [-0.1, -0.05) is 25.8 Å². The zero-order valence-electron chi connectivity index (χ0n) is 11.4. The highest BCUT2D eigenvalue weighted by Gasteiger charge is 2.30. The van der Waals surface area contributed by atoms with Crippen molar-refractivity contribution in [1.82, 2.24) is 5.32 Å². The minimum Gasteiger partial charge on any atom is -0.309 e. The van der Waals surface area contributed by atoms with Crippen molar-refractivity contribution in [3.05, 3.63) is 22.4 Å². The number of thiophene rings is 1. The molecule has 0 radical (unpaired) electrons. The Hall–Kier alpha value is -0.340. The van der Waals surface area contributed by atoms with E-state index in [4.69, 9.17) is 0 Å². The fraction of sp³-hybridized carbons (Fsp3) is 0.750. The van der Waals surface area contributed by atoms with Gasteiger partial charge in [-0.2, -0.15) is 0 Å². The maximum absolute atomic E-state index is 3.90. The average molecular weight is 263 g/mol. The van der Waals surface area contributed by atoms with Crippen molar-refractivity contribution in [2.24, 2.45) is 17.8 Å². The Kier molecular flexibility index (Phi) is 4.05. The van der Waals surface area contributed by atoms with E-state index in [-0.39, 0.29) is 0 Å². The SMILES string of the molecule is CC(CNC(c1cccs1)C1CCCC1)C1CC1. The molecular weight excluding hydrogens is 238 g/mol. The molecule has 2 unspecified atom stereocenters. The van der Waals surface area contributed by atoms with Crippen LogP contribution in [0.1, 0.15) is 56.4 Å². The number of hydrogen-bond acceptors (Lipinski definition) is 2. The largest absolute Gasteiger partial charge is 0.309 e. The van der Waals surface area contributed by atoms with Crippen molar-refractivity contribution < 1.29 is 0 Å². The molecule has 1 N–H and O–H groups in total. The van der Waals surface area contributed by atoms with Gasteiger partial charge in [0, 0.05) is 10.9 Å². The second-order valence-corrected chi connectivity index (χ2v) is 7.24. The van der Waals surface area contributed by atoms with Crippen molar-refractivity contribution in [3.8, 4) is 0 Å². The molecule has 2 atom stereocenters. The van der Waals surface area contributed by atoms with Gasteiger partial charge in [-0.15, -0.1) is 11.3 Å². The zero-order chi connectivity index (χ0) is 12.4. The summed E-state index contributed by atoms with van der Waals surface area (Å²) in [4.78, 5) is 1.56. The van der Waals surface area contributed by atoms with Gasteiger partial charge < -0.3 is 5.32 Å². The molecule has 2 aliphatic rings. The molecule has 1 aromatic rings. The van der Waals surface area contributed by atoms with E-state index in [0.29, 0.717) is 6.04 Å². The first kappa shape index (κ1) is 12.7. The number of rotatable bonds is 6. The van der Waals surface area contributed by atoms with E-state index in [2.05, 4.69) is 29.8 Å². The molecule has 0 spiro atoms. The predicted molar refractivity (Wildman–Crippen MR) is 78.9 cm³/mol. The first-order valence-electron chi connectivity index (χ1n) is 7.61. The third-order valence-corrected chi connectivity index (χ3v) is 5.76. The first-order valence-corrected chi connectivity index (χ1v) is 8.49. The quantitative estimate of drug-likeness (QED) is 0.790. The van der Waals surface area contributed by atoms with Gasteiger partial charge in [0.1, 0.15) is 0 Å². The predicted octanol–water partition coefficient (Wildman–Crippen LogP) is 4.62. The van der Waals surface area contributed by atoms with Crippen molar-refractivity contribution in [1.29, 1.82) is 0 Å². The van der Waals surface area contributed by atoms with E-state index in [0.717, 1.165) is 17.8 Å². The summed E-state index contributed by atoms with van der Waals surface area (Å²) in [6, 6.07) is 5.16. The third-order valence-electron chi connectivity index (χ3n) is 4.81. The van der Waals surface area contributed by atoms with Gasteiger partial charge in [0.15, 0.2) is 0 Å². The third kappa shape index (κ3) is 2.97. The zero-order valence-corrected chi connectivity index (χ0v) is 12.2. The van der Waals surface area contributed by atoms with Crippen LogP contribution in [0.2, 0.25) is 0 Å². The summed E-state index contributed by atoms with van der Waals surface area (Å²) in [6.07, 6.45) is 8.66. The molecule has 1 aromatic heterocycles. The maximum atomic E-state index is 3.90. The Labute approximate surface area is 115 Å². The molecule has 0 saturated heterocycles. The summed E-state index contributed by atoms with van der Waals surface area (Å²) in [5.41, 5.74) is 0. The second kappa shape index (κ2) is 5.75.